The highest BCUT2D eigenvalue weighted by atomic mass is 16.5. The van der Waals surface area contributed by atoms with Gasteiger partial charge < -0.3 is 20.3 Å². The van der Waals surface area contributed by atoms with Gasteiger partial charge in [0.15, 0.2) is 0 Å². The number of nitrogens with zero attached hydrogens (tertiary/aromatic N) is 2. The van der Waals surface area contributed by atoms with Gasteiger partial charge in [0.2, 0.25) is 0 Å². The fraction of sp³-hybridized carbons (Fsp3) is 0.524. The molecule has 27 heavy (non-hydrogen) atoms. The Morgan fingerprint density at radius 1 is 1.22 bits per heavy atom. The molecule has 1 aromatic carbocycles. The van der Waals surface area contributed by atoms with Gasteiger partial charge in [-0.15, -0.1) is 0 Å². The minimum Gasteiger partial charge on any atom is -0.489 e. The monoisotopic (exact) mass is 366 g/mol. The number of carbonyl (C=O) groups is 1. The summed E-state index contributed by atoms with van der Waals surface area (Å²) >= 11 is 0. The third-order valence-electron chi connectivity index (χ3n) is 6.46. The fourth-order valence-electron chi connectivity index (χ4n) is 5.31. The number of para-hydroxylation sites is 1. The minimum atomic E-state index is 0.0763. The molecule has 4 atom stereocenters. The summed E-state index contributed by atoms with van der Waals surface area (Å²) in [5.41, 5.74) is 1.85. The van der Waals surface area contributed by atoms with Crippen LogP contribution in [0.1, 0.15) is 18.5 Å². The van der Waals surface area contributed by atoms with Gasteiger partial charge in [-0.25, -0.2) is 9.78 Å². The van der Waals surface area contributed by atoms with Gasteiger partial charge in [0, 0.05) is 36.3 Å². The molecule has 0 unspecified atom stereocenters. The first-order valence-electron chi connectivity index (χ1n) is 9.98. The molecule has 5 rings (SSSR count). The number of aryl methyl sites for hydroxylation is 1. The number of urea groups is 1. The Kier molecular flexibility index (Phi) is 4.16. The number of pyridine rings is 1. The number of aromatic nitrogens is 1. The van der Waals surface area contributed by atoms with Crippen molar-refractivity contribution in [1.82, 2.24) is 20.5 Å². The Morgan fingerprint density at radius 2 is 2.00 bits per heavy atom. The molecule has 2 N–H and O–H groups in total. The summed E-state index contributed by atoms with van der Waals surface area (Å²) in [7, 11) is 0. The zero-order valence-corrected chi connectivity index (χ0v) is 15.6. The molecule has 2 bridgehead atoms. The maximum Gasteiger partial charge on any atom is 0.318 e. The van der Waals surface area contributed by atoms with Crippen molar-refractivity contribution in [1.29, 1.82) is 0 Å². The standard InChI is InChI=1S/C21H26N4O2/c1-13-5-6-14-3-2-4-19(20(14)24-13)27-10-9-23-21(26)25-17-7-8-18(25)16-12-22-11-15(16)17/h2-6,15-18,22H,7-12H2,1H3,(H,23,26)/t15-,16+,17-,18+. The van der Waals surface area contributed by atoms with Crippen LogP contribution < -0.4 is 15.4 Å². The Labute approximate surface area is 159 Å². The number of nitrogens with one attached hydrogen (secondary N) is 2. The van der Waals surface area contributed by atoms with E-state index < -0.39 is 0 Å². The van der Waals surface area contributed by atoms with Crippen LogP contribution in [0, 0.1) is 18.8 Å². The minimum absolute atomic E-state index is 0.0763. The third kappa shape index (κ3) is 2.83. The van der Waals surface area contributed by atoms with Gasteiger partial charge in [-0.3, -0.25) is 0 Å². The predicted octanol–water partition coefficient (Wildman–Crippen LogP) is 2.31. The van der Waals surface area contributed by atoms with Crippen LogP contribution in [0.2, 0.25) is 0 Å². The van der Waals surface area contributed by atoms with Gasteiger partial charge in [0.1, 0.15) is 17.9 Å². The van der Waals surface area contributed by atoms with E-state index in [1.165, 1.54) is 0 Å². The van der Waals surface area contributed by atoms with Crippen molar-refractivity contribution in [3.8, 4) is 5.75 Å². The number of carbonyl (C=O) groups excluding carboxylic acids is 1. The van der Waals surface area contributed by atoms with Crippen LogP contribution in [-0.2, 0) is 0 Å². The van der Waals surface area contributed by atoms with Gasteiger partial charge >= 0.3 is 6.03 Å². The van der Waals surface area contributed by atoms with Crippen LogP contribution in [0.25, 0.3) is 10.9 Å². The summed E-state index contributed by atoms with van der Waals surface area (Å²) in [5, 5.41) is 7.62. The predicted molar refractivity (Wildman–Crippen MR) is 104 cm³/mol. The average molecular weight is 366 g/mol. The molecule has 6 nitrogen and oxygen atoms in total. The summed E-state index contributed by atoms with van der Waals surface area (Å²) in [6.07, 6.45) is 2.30. The topological polar surface area (TPSA) is 66.5 Å². The Hall–Kier alpha value is -2.34. The van der Waals surface area contributed by atoms with Crippen molar-refractivity contribution in [2.75, 3.05) is 26.2 Å². The highest BCUT2D eigenvalue weighted by Crippen LogP contribution is 2.47. The zero-order chi connectivity index (χ0) is 18.4. The lowest BCUT2D eigenvalue weighted by Gasteiger charge is -2.25. The quantitative estimate of drug-likeness (QED) is 0.815. The molecule has 6 heteroatoms. The molecule has 0 spiro atoms. The summed E-state index contributed by atoms with van der Waals surface area (Å²) in [6, 6.07) is 10.9. The van der Waals surface area contributed by atoms with Crippen LogP contribution in [0.5, 0.6) is 5.75 Å². The number of hydrogen-bond donors (Lipinski definition) is 2. The molecule has 1 aromatic heterocycles. The number of hydrogen-bond acceptors (Lipinski definition) is 4. The lowest BCUT2D eigenvalue weighted by molar-refractivity contribution is 0.182. The fourth-order valence-corrected chi connectivity index (χ4v) is 5.31. The largest absolute Gasteiger partial charge is 0.489 e. The van der Waals surface area contributed by atoms with E-state index in [0.29, 0.717) is 37.1 Å². The Balaban J connectivity index is 1.18. The first-order valence-corrected chi connectivity index (χ1v) is 9.98. The molecule has 2 aromatic rings. The molecule has 4 heterocycles. The number of fused-ring (bicyclic) bond motifs is 6. The molecule has 0 aliphatic carbocycles. The van der Waals surface area contributed by atoms with Crippen LogP contribution in [0.15, 0.2) is 30.3 Å². The Bertz CT molecular complexity index is 852. The maximum atomic E-state index is 12.7. The molecule has 3 aliphatic rings. The van der Waals surface area contributed by atoms with Gasteiger partial charge in [0.25, 0.3) is 0 Å². The summed E-state index contributed by atoms with van der Waals surface area (Å²) in [6.45, 7) is 5.05. The van der Waals surface area contributed by atoms with E-state index in [-0.39, 0.29) is 6.03 Å². The number of amides is 2. The van der Waals surface area contributed by atoms with Gasteiger partial charge in [-0.2, -0.15) is 0 Å². The summed E-state index contributed by atoms with van der Waals surface area (Å²) in [5.74, 6) is 2.07. The van der Waals surface area contributed by atoms with Crippen molar-refractivity contribution >= 4 is 16.9 Å². The van der Waals surface area contributed by atoms with Gasteiger partial charge in [0.05, 0.1) is 6.54 Å². The first kappa shape index (κ1) is 16.8. The third-order valence-corrected chi connectivity index (χ3v) is 6.46. The molecule has 0 saturated carbocycles. The molecule has 3 aliphatic heterocycles. The lowest BCUT2D eigenvalue weighted by atomic mass is 9.82. The van der Waals surface area contributed by atoms with Crippen LogP contribution in [-0.4, -0.2) is 54.2 Å². The number of ether oxygens (including phenoxy) is 1. The lowest BCUT2D eigenvalue weighted by Crippen LogP contribution is -2.46. The van der Waals surface area contributed by atoms with Crippen LogP contribution in [0.4, 0.5) is 4.79 Å². The highest BCUT2D eigenvalue weighted by Gasteiger charge is 2.56. The first-order chi connectivity index (χ1) is 13.2. The molecule has 142 valence electrons. The average Bonchev–Trinajstić information content (AvgIpc) is 3.37. The molecule has 2 amide bonds. The van der Waals surface area contributed by atoms with E-state index in [1.807, 2.05) is 31.2 Å². The van der Waals surface area contributed by atoms with Crippen molar-refractivity contribution in [2.24, 2.45) is 11.8 Å². The highest BCUT2D eigenvalue weighted by molar-refractivity contribution is 5.84. The second-order valence-electron chi connectivity index (χ2n) is 7.97. The van der Waals surface area contributed by atoms with Crippen molar-refractivity contribution in [2.45, 2.75) is 31.8 Å². The van der Waals surface area contributed by atoms with Gasteiger partial charge in [-0.05, 0) is 43.7 Å². The summed E-state index contributed by atoms with van der Waals surface area (Å²) < 4.78 is 5.93. The van der Waals surface area contributed by atoms with Crippen molar-refractivity contribution < 1.29 is 9.53 Å². The van der Waals surface area contributed by atoms with Crippen LogP contribution >= 0.6 is 0 Å². The number of rotatable bonds is 4. The van der Waals surface area contributed by atoms with Gasteiger partial charge in [-0.1, -0.05) is 18.2 Å². The van der Waals surface area contributed by atoms with E-state index in [9.17, 15) is 4.79 Å². The van der Waals surface area contributed by atoms with E-state index in [2.05, 4.69) is 26.6 Å². The second kappa shape index (κ2) is 6.68. The second-order valence-corrected chi connectivity index (χ2v) is 7.97. The van der Waals surface area contributed by atoms with Crippen LogP contribution in [0.3, 0.4) is 0 Å². The van der Waals surface area contributed by atoms with E-state index in [4.69, 9.17) is 4.74 Å². The zero-order valence-electron chi connectivity index (χ0n) is 15.6. The van der Waals surface area contributed by atoms with E-state index in [1.54, 1.807) is 0 Å². The molecule has 0 radical (unpaired) electrons. The van der Waals surface area contributed by atoms with Crippen molar-refractivity contribution in [3.63, 3.8) is 0 Å². The molecular formula is C21H26N4O2. The van der Waals surface area contributed by atoms with E-state index in [0.717, 1.165) is 48.3 Å². The molecular weight excluding hydrogens is 340 g/mol. The molecule has 3 saturated heterocycles. The summed E-state index contributed by atoms with van der Waals surface area (Å²) in [4.78, 5) is 19.4. The van der Waals surface area contributed by atoms with E-state index >= 15 is 0 Å². The Morgan fingerprint density at radius 3 is 2.78 bits per heavy atom. The van der Waals surface area contributed by atoms with Crippen molar-refractivity contribution in [3.05, 3.63) is 36.0 Å². The smallest absolute Gasteiger partial charge is 0.318 e. The molecule has 3 fully saturated rings. The normalized spacial score (nSPS) is 28.6. The number of benzene rings is 1. The SMILES string of the molecule is Cc1ccc2cccc(OCCNC(=O)N3[C@@H]4CC[C@H]3[C@H]3CNC[C@H]34)c2n1. The maximum absolute atomic E-state index is 12.7.